The van der Waals surface area contributed by atoms with Crippen molar-refractivity contribution < 1.29 is 9.13 Å². The maximum atomic E-state index is 12.8. The van der Waals surface area contributed by atoms with Gasteiger partial charge in [0.15, 0.2) is 0 Å². The maximum Gasteiger partial charge on any atom is 0.123 e. The van der Waals surface area contributed by atoms with Crippen LogP contribution in [0.5, 0.6) is 5.75 Å². The van der Waals surface area contributed by atoms with Crippen LogP contribution in [-0.4, -0.2) is 0 Å². The normalized spacial score (nSPS) is 17.3. The number of halogens is 1. The van der Waals surface area contributed by atoms with Crippen molar-refractivity contribution in [2.75, 3.05) is 0 Å². The molecule has 1 unspecified atom stereocenters. The summed E-state index contributed by atoms with van der Waals surface area (Å²) in [6, 6.07) is 12.6. The lowest BCUT2D eigenvalue weighted by molar-refractivity contribution is 0.306. The number of hydrogen-bond donors (Lipinski definition) is 1. The summed E-state index contributed by atoms with van der Waals surface area (Å²) in [5.74, 6) is 0.618. The van der Waals surface area contributed by atoms with E-state index in [2.05, 4.69) is 6.07 Å². The number of benzene rings is 2. The Labute approximate surface area is 112 Å². The van der Waals surface area contributed by atoms with Crippen LogP contribution in [0.3, 0.4) is 0 Å². The summed E-state index contributed by atoms with van der Waals surface area (Å²) in [6.45, 7) is 0.450. The molecule has 19 heavy (non-hydrogen) atoms. The Morgan fingerprint density at radius 3 is 2.74 bits per heavy atom. The molecule has 0 radical (unpaired) electrons. The molecule has 0 amide bonds. The fourth-order valence-corrected chi connectivity index (χ4v) is 2.46. The monoisotopic (exact) mass is 257 g/mol. The highest BCUT2D eigenvalue weighted by atomic mass is 19.1. The zero-order chi connectivity index (χ0) is 13.2. The molecule has 2 aromatic rings. The molecule has 98 valence electrons. The second-order valence-electron chi connectivity index (χ2n) is 4.92. The lowest BCUT2D eigenvalue weighted by atomic mass is 10.1. The molecule has 3 rings (SSSR count). The molecular formula is C16H16FNO. The molecule has 2 aromatic carbocycles. The number of fused-ring (bicyclic) bond motifs is 1. The van der Waals surface area contributed by atoms with Crippen LogP contribution < -0.4 is 10.5 Å². The lowest BCUT2D eigenvalue weighted by Gasteiger charge is -2.09. The highest BCUT2D eigenvalue weighted by Crippen LogP contribution is 2.32. The summed E-state index contributed by atoms with van der Waals surface area (Å²) in [6.07, 6.45) is 2.03. The maximum absolute atomic E-state index is 12.8. The van der Waals surface area contributed by atoms with E-state index in [-0.39, 0.29) is 11.9 Å². The molecule has 0 fully saturated rings. The van der Waals surface area contributed by atoms with Crippen LogP contribution in [0.2, 0.25) is 0 Å². The quantitative estimate of drug-likeness (QED) is 0.915. The number of hydrogen-bond acceptors (Lipinski definition) is 2. The van der Waals surface area contributed by atoms with Gasteiger partial charge in [-0.2, -0.15) is 0 Å². The summed E-state index contributed by atoms with van der Waals surface area (Å²) in [5, 5.41) is 0. The van der Waals surface area contributed by atoms with E-state index < -0.39 is 0 Å². The molecule has 1 aliphatic carbocycles. The Hall–Kier alpha value is -1.87. The minimum Gasteiger partial charge on any atom is -0.489 e. The van der Waals surface area contributed by atoms with E-state index in [4.69, 9.17) is 10.5 Å². The minimum atomic E-state index is -0.227. The molecule has 3 heteroatoms. The molecule has 0 saturated carbocycles. The average molecular weight is 257 g/mol. The first-order valence-electron chi connectivity index (χ1n) is 6.48. The topological polar surface area (TPSA) is 35.2 Å². The van der Waals surface area contributed by atoms with E-state index in [9.17, 15) is 4.39 Å². The third kappa shape index (κ3) is 2.61. The van der Waals surface area contributed by atoms with Gasteiger partial charge in [0, 0.05) is 6.04 Å². The first kappa shape index (κ1) is 12.2. The highest BCUT2D eigenvalue weighted by molar-refractivity contribution is 5.40. The van der Waals surface area contributed by atoms with E-state index in [1.54, 1.807) is 12.1 Å². The second-order valence-corrected chi connectivity index (χ2v) is 4.92. The van der Waals surface area contributed by atoms with Gasteiger partial charge in [0.2, 0.25) is 0 Å². The molecule has 1 atom stereocenters. The lowest BCUT2D eigenvalue weighted by Crippen LogP contribution is -2.05. The van der Waals surface area contributed by atoms with Crippen molar-refractivity contribution in [2.45, 2.75) is 25.5 Å². The van der Waals surface area contributed by atoms with Crippen molar-refractivity contribution in [3.63, 3.8) is 0 Å². The Morgan fingerprint density at radius 1 is 1.16 bits per heavy atom. The van der Waals surface area contributed by atoms with Crippen molar-refractivity contribution >= 4 is 0 Å². The van der Waals surface area contributed by atoms with Gasteiger partial charge < -0.3 is 10.5 Å². The second kappa shape index (κ2) is 5.02. The fourth-order valence-electron chi connectivity index (χ4n) is 2.46. The van der Waals surface area contributed by atoms with Crippen LogP contribution >= 0.6 is 0 Å². The first-order valence-corrected chi connectivity index (χ1v) is 6.48. The van der Waals surface area contributed by atoms with Crippen molar-refractivity contribution in [3.05, 3.63) is 65.0 Å². The van der Waals surface area contributed by atoms with E-state index in [1.165, 1.54) is 23.3 Å². The summed E-state index contributed by atoms with van der Waals surface area (Å²) < 4.78 is 18.5. The Balaban J connectivity index is 1.69. The summed E-state index contributed by atoms with van der Waals surface area (Å²) in [4.78, 5) is 0. The molecule has 0 bridgehead atoms. The number of ether oxygens (including phenoxy) is 1. The predicted molar refractivity (Wildman–Crippen MR) is 72.4 cm³/mol. The molecule has 0 aromatic heterocycles. The molecule has 2 N–H and O–H groups in total. The van der Waals surface area contributed by atoms with E-state index in [1.807, 2.05) is 12.1 Å². The fraction of sp³-hybridized carbons (Fsp3) is 0.250. The van der Waals surface area contributed by atoms with Crippen LogP contribution in [0.4, 0.5) is 4.39 Å². The van der Waals surface area contributed by atoms with E-state index in [0.29, 0.717) is 6.61 Å². The van der Waals surface area contributed by atoms with Gasteiger partial charge in [-0.25, -0.2) is 4.39 Å². The first-order chi connectivity index (χ1) is 9.22. The summed E-state index contributed by atoms with van der Waals surface area (Å²) >= 11 is 0. The highest BCUT2D eigenvalue weighted by Gasteiger charge is 2.18. The minimum absolute atomic E-state index is 0.168. The predicted octanol–water partition coefficient (Wildman–Crippen LogP) is 3.35. The Bertz CT molecular complexity index is 580. The van der Waals surface area contributed by atoms with Crippen LogP contribution in [0.15, 0.2) is 42.5 Å². The number of aryl methyl sites for hydroxylation is 1. The molecular weight excluding hydrogens is 241 g/mol. The largest absolute Gasteiger partial charge is 0.489 e. The van der Waals surface area contributed by atoms with Gasteiger partial charge in [-0.1, -0.05) is 18.2 Å². The van der Waals surface area contributed by atoms with Crippen molar-refractivity contribution in [2.24, 2.45) is 5.73 Å². The number of nitrogens with two attached hydrogens (primary N) is 1. The molecule has 0 spiro atoms. The van der Waals surface area contributed by atoms with Gasteiger partial charge in [-0.3, -0.25) is 0 Å². The van der Waals surface area contributed by atoms with Crippen molar-refractivity contribution in [1.82, 2.24) is 0 Å². The molecule has 0 heterocycles. The van der Waals surface area contributed by atoms with Crippen LogP contribution in [0.25, 0.3) is 0 Å². The molecule has 1 aliphatic rings. The van der Waals surface area contributed by atoms with Gasteiger partial charge in [-0.15, -0.1) is 0 Å². The zero-order valence-corrected chi connectivity index (χ0v) is 10.6. The van der Waals surface area contributed by atoms with Gasteiger partial charge in [0.05, 0.1) is 0 Å². The van der Waals surface area contributed by atoms with E-state index in [0.717, 1.165) is 24.2 Å². The van der Waals surface area contributed by atoms with Crippen LogP contribution in [0.1, 0.15) is 29.2 Å². The van der Waals surface area contributed by atoms with Crippen LogP contribution in [0, 0.1) is 5.82 Å². The third-order valence-corrected chi connectivity index (χ3v) is 3.56. The third-order valence-electron chi connectivity index (χ3n) is 3.56. The van der Waals surface area contributed by atoms with Gasteiger partial charge in [0.1, 0.15) is 18.2 Å². The molecule has 0 aliphatic heterocycles. The molecule has 2 nitrogen and oxygen atoms in total. The zero-order valence-electron chi connectivity index (χ0n) is 10.6. The van der Waals surface area contributed by atoms with Gasteiger partial charge in [-0.05, 0) is 53.8 Å². The van der Waals surface area contributed by atoms with Crippen molar-refractivity contribution in [3.8, 4) is 5.75 Å². The smallest absolute Gasteiger partial charge is 0.123 e. The van der Waals surface area contributed by atoms with E-state index >= 15 is 0 Å². The van der Waals surface area contributed by atoms with Gasteiger partial charge in [0.25, 0.3) is 0 Å². The number of rotatable bonds is 3. The molecule has 0 saturated heterocycles. The van der Waals surface area contributed by atoms with Crippen molar-refractivity contribution in [1.29, 1.82) is 0 Å². The van der Waals surface area contributed by atoms with Gasteiger partial charge >= 0.3 is 0 Å². The standard InChI is InChI=1S/C16H16FNO/c17-13-4-1-11(2-5-13)10-19-14-6-7-15-12(9-14)3-8-16(15)18/h1-2,4-7,9,16H,3,8,10,18H2. The summed E-state index contributed by atoms with van der Waals surface area (Å²) in [7, 11) is 0. The van der Waals surface area contributed by atoms with Crippen LogP contribution in [-0.2, 0) is 13.0 Å². The average Bonchev–Trinajstić information content (AvgIpc) is 2.79. The summed E-state index contributed by atoms with van der Waals surface area (Å²) in [5.41, 5.74) is 9.47. The Morgan fingerprint density at radius 2 is 1.95 bits per heavy atom. The SMILES string of the molecule is NC1CCc2cc(OCc3ccc(F)cc3)ccc21. The Kier molecular flexibility index (Phi) is 3.22.